The number of hydrogen-bond acceptors (Lipinski definition) is 3. The molecule has 5 heteroatoms. The molecule has 0 aromatic heterocycles. The first kappa shape index (κ1) is 17.0. The van der Waals surface area contributed by atoms with Crippen LogP contribution in [0.25, 0.3) is 0 Å². The number of rotatable bonds is 5. The molecule has 1 saturated heterocycles. The van der Waals surface area contributed by atoms with Crippen LogP contribution in [0.4, 0.5) is 0 Å². The molecule has 1 aliphatic heterocycles. The third kappa shape index (κ3) is 4.83. The normalized spacial score (nSPS) is 22.4. The predicted octanol–water partition coefficient (Wildman–Crippen LogP) is 2.76. The summed E-state index contributed by atoms with van der Waals surface area (Å²) in [6.45, 7) is 3.41. The number of hydrogen-bond donors (Lipinski definition) is 1. The van der Waals surface area contributed by atoms with Gasteiger partial charge in [-0.2, -0.15) is 0 Å². The van der Waals surface area contributed by atoms with E-state index in [0.29, 0.717) is 12.1 Å². The minimum absolute atomic E-state index is 0.403. The Morgan fingerprint density at radius 1 is 1.29 bits per heavy atom. The summed E-state index contributed by atoms with van der Waals surface area (Å²) < 4.78 is 0. The van der Waals surface area contributed by atoms with Gasteiger partial charge >= 0.3 is 0 Å². The van der Waals surface area contributed by atoms with Crippen LogP contribution in [-0.2, 0) is 6.42 Å². The Morgan fingerprint density at radius 3 is 2.76 bits per heavy atom. The number of nitrogens with one attached hydrogen (secondary N) is 1. The summed E-state index contributed by atoms with van der Waals surface area (Å²) in [6, 6.07) is 6.68. The van der Waals surface area contributed by atoms with Crippen molar-refractivity contribution in [3.05, 3.63) is 33.8 Å². The molecule has 2 unspecified atom stereocenters. The Kier molecular flexibility index (Phi) is 6.33. The Balaban J connectivity index is 2.01. The van der Waals surface area contributed by atoms with Gasteiger partial charge in [0.1, 0.15) is 0 Å². The second-order valence-corrected chi connectivity index (χ2v) is 6.90. The van der Waals surface area contributed by atoms with Gasteiger partial charge in [-0.05, 0) is 57.7 Å². The van der Waals surface area contributed by atoms with E-state index in [9.17, 15) is 0 Å². The van der Waals surface area contributed by atoms with Gasteiger partial charge in [-0.1, -0.05) is 23.2 Å². The van der Waals surface area contributed by atoms with Crippen molar-refractivity contribution in [2.24, 2.45) is 0 Å². The predicted molar refractivity (Wildman–Crippen MR) is 91.5 cm³/mol. The van der Waals surface area contributed by atoms with Crippen molar-refractivity contribution in [3.63, 3.8) is 0 Å². The van der Waals surface area contributed by atoms with Gasteiger partial charge in [-0.3, -0.25) is 0 Å². The smallest absolute Gasteiger partial charge is 0.0439 e. The lowest BCUT2D eigenvalue weighted by atomic mass is 9.97. The minimum atomic E-state index is 0.403. The molecule has 3 nitrogen and oxygen atoms in total. The van der Waals surface area contributed by atoms with E-state index >= 15 is 0 Å². The molecule has 1 heterocycles. The van der Waals surface area contributed by atoms with Gasteiger partial charge in [0.25, 0.3) is 0 Å². The van der Waals surface area contributed by atoms with Crippen molar-refractivity contribution in [2.75, 3.05) is 40.8 Å². The molecule has 2 rings (SSSR count). The van der Waals surface area contributed by atoms with Gasteiger partial charge in [-0.25, -0.2) is 0 Å². The number of benzene rings is 1. The zero-order valence-electron chi connectivity index (χ0n) is 13.1. The highest BCUT2D eigenvalue weighted by molar-refractivity contribution is 6.33. The zero-order valence-corrected chi connectivity index (χ0v) is 14.6. The number of halogens is 2. The van der Waals surface area contributed by atoms with Gasteiger partial charge in [0, 0.05) is 41.8 Å². The Bertz CT molecular complexity index is 467. The van der Waals surface area contributed by atoms with Crippen molar-refractivity contribution in [3.8, 4) is 0 Å². The molecule has 0 aliphatic carbocycles. The van der Waals surface area contributed by atoms with E-state index in [1.54, 1.807) is 0 Å². The zero-order chi connectivity index (χ0) is 15.4. The third-order valence-corrected chi connectivity index (χ3v) is 5.02. The lowest BCUT2D eigenvalue weighted by Crippen LogP contribution is -2.52. The molecule has 0 radical (unpaired) electrons. The molecular formula is C16H25Cl2N3. The summed E-state index contributed by atoms with van der Waals surface area (Å²) in [4.78, 5) is 4.87. The maximum absolute atomic E-state index is 6.29. The van der Waals surface area contributed by atoms with Gasteiger partial charge in [-0.15, -0.1) is 0 Å². The molecule has 0 amide bonds. The highest BCUT2D eigenvalue weighted by Gasteiger charge is 2.25. The van der Waals surface area contributed by atoms with Crippen molar-refractivity contribution in [1.82, 2.24) is 15.1 Å². The molecule has 0 spiro atoms. The molecule has 1 aromatic rings. The van der Waals surface area contributed by atoms with Crippen LogP contribution in [-0.4, -0.2) is 62.7 Å². The van der Waals surface area contributed by atoms with E-state index in [2.05, 4.69) is 29.2 Å². The Labute approximate surface area is 138 Å². The minimum Gasteiger partial charge on any atom is -0.317 e. The lowest BCUT2D eigenvalue weighted by molar-refractivity contribution is 0.102. The van der Waals surface area contributed by atoms with Crippen LogP contribution in [0.1, 0.15) is 12.0 Å². The molecule has 1 N–H and O–H groups in total. The first-order valence-corrected chi connectivity index (χ1v) is 8.25. The fourth-order valence-electron chi connectivity index (χ4n) is 2.95. The maximum Gasteiger partial charge on any atom is 0.0439 e. The van der Waals surface area contributed by atoms with Gasteiger partial charge in [0.05, 0.1) is 0 Å². The van der Waals surface area contributed by atoms with Crippen LogP contribution in [0.5, 0.6) is 0 Å². The number of piperazine rings is 1. The van der Waals surface area contributed by atoms with Crippen LogP contribution >= 0.6 is 23.2 Å². The highest BCUT2D eigenvalue weighted by Crippen LogP contribution is 2.23. The Hall–Kier alpha value is -0.320. The van der Waals surface area contributed by atoms with E-state index in [0.717, 1.165) is 48.1 Å². The summed E-state index contributed by atoms with van der Waals surface area (Å²) >= 11 is 12.4. The molecule has 21 heavy (non-hydrogen) atoms. The largest absolute Gasteiger partial charge is 0.317 e. The summed E-state index contributed by atoms with van der Waals surface area (Å²) in [5, 5.41) is 4.98. The van der Waals surface area contributed by atoms with Crippen LogP contribution in [0, 0.1) is 0 Å². The highest BCUT2D eigenvalue weighted by atomic mass is 35.5. The molecule has 2 atom stereocenters. The lowest BCUT2D eigenvalue weighted by Gasteiger charge is -2.39. The third-order valence-electron chi connectivity index (χ3n) is 4.42. The maximum atomic E-state index is 6.29. The van der Waals surface area contributed by atoms with E-state index in [1.165, 1.54) is 0 Å². The van der Waals surface area contributed by atoms with Crippen molar-refractivity contribution in [1.29, 1.82) is 0 Å². The first-order valence-electron chi connectivity index (χ1n) is 7.49. The van der Waals surface area contributed by atoms with E-state index in [1.807, 2.05) is 25.2 Å². The molecule has 0 bridgehead atoms. The van der Waals surface area contributed by atoms with Crippen LogP contribution in [0.15, 0.2) is 18.2 Å². The van der Waals surface area contributed by atoms with E-state index in [4.69, 9.17) is 23.2 Å². The van der Waals surface area contributed by atoms with Crippen LogP contribution in [0.2, 0.25) is 10.0 Å². The van der Waals surface area contributed by atoms with E-state index < -0.39 is 0 Å². The van der Waals surface area contributed by atoms with Crippen molar-refractivity contribution < 1.29 is 0 Å². The number of likely N-dealkylation sites (N-methyl/N-ethyl adjacent to an activating group) is 3. The summed E-state index contributed by atoms with van der Waals surface area (Å²) in [5.41, 5.74) is 1.12. The molecular weight excluding hydrogens is 305 g/mol. The fourth-order valence-corrected chi connectivity index (χ4v) is 3.34. The number of nitrogens with zero attached hydrogens (tertiary/aromatic N) is 2. The monoisotopic (exact) mass is 329 g/mol. The Morgan fingerprint density at radius 2 is 2.05 bits per heavy atom. The summed E-state index contributed by atoms with van der Waals surface area (Å²) in [6.07, 6.45) is 2.02. The SMILES string of the molecule is CNC(Cc1cc(Cl)ccc1Cl)CC1CN(C)CCN1C. The van der Waals surface area contributed by atoms with Gasteiger partial charge in [0.15, 0.2) is 0 Å². The fraction of sp³-hybridized carbons (Fsp3) is 0.625. The standard InChI is InChI=1S/C16H25Cl2N3/c1-19-14(9-12-8-13(17)4-5-16(12)18)10-15-11-20(2)6-7-21(15)3/h4-5,8,14-15,19H,6-7,9-11H2,1-3H3. The quantitative estimate of drug-likeness (QED) is 0.896. The van der Waals surface area contributed by atoms with E-state index in [-0.39, 0.29) is 0 Å². The summed E-state index contributed by atoms with van der Waals surface area (Å²) in [5.74, 6) is 0. The van der Waals surface area contributed by atoms with Crippen LogP contribution < -0.4 is 5.32 Å². The molecule has 1 fully saturated rings. The summed E-state index contributed by atoms with van der Waals surface area (Å²) in [7, 11) is 6.44. The molecule has 1 aromatic carbocycles. The molecule has 118 valence electrons. The second-order valence-electron chi connectivity index (χ2n) is 6.06. The molecule has 0 saturated carbocycles. The van der Waals surface area contributed by atoms with Gasteiger partial charge in [0.2, 0.25) is 0 Å². The van der Waals surface area contributed by atoms with Gasteiger partial charge < -0.3 is 15.1 Å². The molecule has 1 aliphatic rings. The van der Waals surface area contributed by atoms with Crippen molar-refractivity contribution in [2.45, 2.75) is 24.9 Å². The van der Waals surface area contributed by atoms with Crippen LogP contribution in [0.3, 0.4) is 0 Å². The first-order chi connectivity index (χ1) is 9.99. The second kappa shape index (κ2) is 7.80. The average Bonchev–Trinajstić information content (AvgIpc) is 2.45. The average molecular weight is 330 g/mol. The topological polar surface area (TPSA) is 18.5 Å². The van der Waals surface area contributed by atoms with Crippen molar-refractivity contribution >= 4 is 23.2 Å².